The molecule has 1 N–H and O–H groups in total. The molecule has 1 aliphatic carbocycles. The molecule has 1 saturated carbocycles. The van der Waals surface area contributed by atoms with Gasteiger partial charge in [-0.1, -0.05) is 49.6 Å². The highest BCUT2D eigenvalue weighted by Crippen LogP contribution is 2.33. The number of hydrogen-bond acceptors (Lipinski definition) is 7. The van der Waals surface area contributed by atoms with Gasteiger partial charge in [0.05, 0.1) is 24.8 Å². The van der Waals surface area contributed by atoms with Gasteiger partial charge in [-0.15, -0.1) is 11.3 Å². The molecule has 4 aliphatic rings. The normalized spacial score (nSPS) is 27.1. The van der Waals surface area contributed by atoms with E-state index >= 15 is 0 Å². The van der Waals surface area contributed by atoms with Crippen LogP contribution in [0.2, 0.25) is 0 Å². The molecule has 0 radical (unpaired) electrons. The van der Waals surface area contributed by atoms with Gasteiger partial charge >= 0.3 is 6.09 Å². The van der Waals surface area contributed by atoms with Crippen LogP contribution in [0.4, 0.5) is 9.93 Å². The monoisotopic (exact) mass is 548 g/mol. The number of ether oxygens (including phenoxy) is 1. The SMILES string of the molecule is O=C[C@@H]1C[C@@H]2CN1C(=O)[C@H](C1CCCCC1)Nc1nc(cs1)CCC/C=C/c1cccc3c1CN(C3)C(=O)O2. The maximum atomic E-state index is 14.0. The van der Waals surface area contributed by atoms with Crippen LogP contribution in [0.5, 0.6) is 0 Å². The van der Waals surface area contributed by atoms with Crippen LogP contribution >= 0.6 is 11.3 Å². The van der Waals surface area contributed by atoms with Crippen molar-refractivity contribution in [2.75, 3.05) is 11.9 Å². The molecule has 3 atom stereocenters. The van der Waals surface area contributed by atoms with E-state index in [2.05, 4.69) is 35.0 Å². The van der Waals surface area contributed by atoms with Crippen LogP contribution in [0.1, 0.15) is 73.8 Å². The summed E-state index contributed by atoms with van der Waals surface area (Å²) in [4.78, 5) is 47.4. The number of nitrogens with one attached hydrogen (secondary N) is 1. The van der Waals surface area contributed by atoms with Gasteiger partial charge in [0.25, 0.3) is 0 Å². The van der Waals surface area contributed by atoms with Gasteiger partial charge in [0.1, 0.15) is 18.4 Å². The lowest BCUT2D eigenvalue weighted by molar-refractivity contribution is -0.136. The standard InChI is InChI=1S/C30H36N4O4S/c35-18-24-14-25-16-34(24)28(36)27(21-9-4-1-5-10-21)32-29-31-23(19-39-29)13-6-2-3-8-20-11-7-12-22-15-33(17-26(20)22)30(37)38-25/h3,7-8,11-12,18-19,21,24-25,27H,1-2,4-6,9-10,13-17H2,(H,31,32)/b8-3+/t24-,25+,27-/m0/s1. The molecule has 206 valence electrons. The van der Waals surface area contributed by atoms with Crippen molar-refractivity contribution >= 4 is 40.8 Å². The van der Waals surface area contributed by atoms with E-state index in [1.165, 1.54) is 17.8 Å². The van der Waals surface area contributed by atoms with Gasteiger partial charge in [0, 0.05) is 18.3 Å². The third kappa shape index (κ3) is 5.60. The number of nitrogens with zero attached hydrogens (tertiary/aromatic N) is 3. The Hall–Kier alpha value is -3.20. The van der Waals surface area contributed by atoms with E-state index in [1.807, 2.05) is 6.07 Å². The first-order valence-electron chi connectivity index (χ1n) is 14.3. The number of aromatic nitrogens is 1. The Kier molecular flexibility index (Phi) is 7.68. The predicted octanol–water partition coefficient (Wildman–Crippen LogP) is 5.17. The number of benzene rings is 1. The van der Waals surface area contributed by atoms with Crippen molar-refractivity contribution in [3.8, 4) is 0 Å². The number of anilines is 1. The number of carbonyl (C=O) groups excluding carboxylic acids is 3. The first-order valence-corrected chi connectivity index (χ1v) is 15.2. The molecule has 1 saturated heterocycles. The molecule has 9 heteroatoms. The summed E-state index contributed by atoms with van der Waals surface area (Å²) in [5.41, 5.74) is 4.45. The van der Waals surface area contributed by atoms with Crippen LogP contribution in [0.3, 0.4) is 0 Å². The topological polar surface area (TPSA) is 91.8 Å². The van der Waals surface area contributed by atoms with E-state index in [0.29, 0.717) is 19.5 Å². The number of thiazole rings is 1. The first-order chi connectivity index (χ1) is 19.1. The number of hydrogen-bond donors (Lipinski definition) is 1. The maximum absolute atomic E-state index is 14.0. The molecule has 6 rings (SSSR count). The zero-order valence-corrected chi connectivity index (χ0v) is 23.0. The lowest BCUT2D eigenvalue weighted by Gasteiger charge is -2.33. The summed E-state index contributed by atoms with van der Waals surface area (Å²) in [6, 6.07) is 5.14. The molecule has 1 aromatic carbocycles. The summed E-state index contributed by atoms with van der Waals surface area (Å²) in [7, 11) is 0. The van der Waals surface area contributed by atoms with Crippen LogP contribution in [-0.2, 0) is 33.8 Å². The van der Waals surface area contributed by atoms with Gasteiger partial charge in [0.2, 0.25) is 5.91 Å². The number of rotatable bonds is 2. The Morgan fingerprint density at radius 3 is 2.82 bits per heavy atom. The molecule has 1 aromatic heterocycles. The molecule has 0 unspecified atom stereocenters. The van der Waals surface area contributed by atoms with E-state index in [-0.39, 0.29) is 18.4 Å². The number of allylic oxidation sites excluding steroid dienone is 1. The summed E-state index contributed by atoms with van der Waals surface area (Å²) < 4.78 is 5.90. The molecule has 2 fully saturated rings. The highest BCUT2D eigenvalue weighted by atomic mass is 32.1. The van der Waals surface area contributed by atoms with Gasteiger partial charge in [-0.05, 0) is 54.7 Å². The molecule has 4 heterocycles. The number of amides is 2. The van der Waals surface area contributed by atoms with Gasteiger partial charge in [-0.3, -0.25) is 9.69 Å². The third-order valence-electron chi connectivity index (χ3n) is 8.61. The van der Waals surface area contributed by atoms with Gasteiger partial charge in [0.15, 0.2) is 5.13 Å². The minimum Gasteiger partial charge on any atom is -0.444 e. The zero-order valence-electron chi connectivity index (χ0n) is 22.2. The minimum atomic E-state index is -0.600. The van der Waals surface area contributed by atoms with E-state index < -0.39 is 24.3 Å². The van der Waals surface area contributed by atoms with Crippen LogP contribution in [0, 0.1) is 5.92 Å². The third-order valence-corrected chi connectivity index (χ3v) is 9.43. The molecule has 6 bridgehead atoms. The fourth-order valence-corrected chi connectivity index (χ4v) is 7.29. The summed E-state index contributed by atoms with van der Waals surface area (Å²) in [5.74, 6) is 0.0971. The molecule has 39 heavy (non-hydrogen) atoms. The van der Waals surface area contributed by atoms with Crippen molar-refractivity contribution in [2.24, 2.45) is 5.92 Å². The molecular weight excluding hydrogens is 512 g/mol. The predicted molar refractivity (Wildman–Crippen MR) is 150 cm³/mol. The number of aryl methyl sites for hydroxylation is 1. The van der Waals surface area contributed by atoms with Crippen LogP contribution in [0.25, 0.3) is 6.08 Å². The van der Waals surface area contributed by atoms with Crippen molar-refractivity contribution in [1.82, 2.24) is 14.8 Å². The second-order valence-electron chi connectivity index (χ2n) is 11.2. The van der Waals surface area contributed by atoms with Gasteiger partial charge in [-0.25, -0.2) is 9.78 Å². The molecule has 2 amide bonds. The lowest BCUT2D eigenvalue weighted by atomic mass is 9.83. The van der Waals surface area contributed by atoms with E-state index in [4.69, 9.17) is 9.72 Å². The Morgan fingerprint density at radius 1 is 1.10 bits per heavy atom. The quantitative estimate of drug-likeness (QED) is 0.521. The van der Waals surface area contributed by atoms with E-state index in [0.717, 1.165) is 78.7 Å². The summed E-state index contributed by atoms with van der Waals surface area (Å²) >= 11 is 1.54. The van der Waals surface area contributed by atoms with Crippen molar-refractivity contribution in [2.45, 2.75) is 89.1 Å². The lowest BCUT2D eigenvalue weighted by Crippen LogP contribution is -2.49. The first kappa shape index (κ1) is 26.0. The molecule has 8 nitrogen and oxygen atoms in total. The summed E-state index contributed by atoms with van der Waals surface area (Å²) in [6.07, 6.45) is 12.7. The van der Waals surface area contributed by atoms with Crippen molar-refractivity contribution < 1.29 is 19.1 Å². The fourth-order valence-electron chi connectivity index (χ4n) is 6.50. The Bertz CT molecular complexity index is 1250. The highest BCUT2D eigenvalue weighted by molar-refractivity contribution is 7.13. The summed E-state index contributed by atoms with van der Waals surface area (Å²) in [5, 5.41) is 6.31. The minimum absolute atomic E-state index is 0.0907. The molecule has 2 aromatic rings. The summed E-state index contributed by atoms with van der Waals surface area (Å²) in [6.45, 7) is 1.23. The van der Waals surface area contributed by atoms with Crippen LogP contribution in [0.15, 0.2) is 29.7 Å². The van der Waals surface area contributed by atoms with Crippen molar-refractivity contribution in [3.05, 3.63) is 52.0 Å². The average molecular weight is 549 g/mol. The smallest absolute Gasteiger partial charge is 0.410 e. The molecule has 3 aliphatic heterocycles. The van der Waals surface area contributed by atoms with Gasteiger partial charge in [-0.2, -0.15) is 0 Å². The fraction of sp³-hybridized carbons (Fsp3) is 0.533. The van der Waals surface area contributed by atoms with E-state index in [9.17, 15) is 14.4 Å². The van der Waals surface area contributed by atoms with Gasteiger partial charge < -0.3 is 19.7 Å². The Morgan fingerprint density at radius 2 is 1.97 bits per heavy atom. The number of aldehydes is 1. The van der Waals surface area contributed by atoms with Crippen LogP contribution < -0.4 is 5.32 Å². The number of carbonyl (C=O) groups is 3. The Balaban J connectivity index is 1.28. The largest absolute Gasteiger partial charge is 0.444 e. The molecular formula is C30H36N4O4S. The zero-order chi connectivity index (χ0) is 26.8. The second kappa shape index (κ2) is 11.5. The number of fused-ring (bicyclic) bond motifs is 5. The molecule has 0 spiro atoms. The average Bonchev–Trinajstić information content (AvgIpc) is 3.69. The highest BCUT2D eigenvalue weighted by Gasteiger charge is 2.42. The second-order valence-corrected chi connectivity index (χ2v) is 12.1. The maximum Gasteiger partial charge on any atom is 0.410 e. The van der Waals surface area contributed by atoms with E-state index in [1.54, 1.807) is 9.80 Å². The van der Waals surface area contributed by atoms with Crippen molar-refractivity contribution in [1.29, 1.82) is 0 Å². The van der Waals surface area contributed by atoms with Crippen LogP contribution in [-0.4, -0.2) is 57.8 Å². The Labute approximate surface area is 233 Å². The van der Waals surface area contributed by atoms with Crippen molar-refractivity contribution in [3.63, 3.8) is 0 Å².